The molecule has 0 amide bonds. The lowest BCUT2D eigenvalue weighted by Gasteiger charge is -2.16. The van der Waals surface area contributed by atoms with Gasteiger partial charge in [-0.3, -0.25) is 0 Å². The molecule has 0 aliphatic carbocycles. The van der Waals surface area contributed by atoms with Crippen LogP contribution in [-0.2, 0) is 0 Å². The second-order valence-electron chi connectivity index (χ2n) is 5.47. The van der Waals surface area contributed by atoms with E-state index in [1.807, 2.05) is 0 Å². The lowest BCUT2D eigenvalue weighted by Crippen LogP contribution is -2.05. The Labute approximate surface area is 109 Å². The third kappa shape index (κ3) is 8.24. The van der Waals surface area contributed by atoms with Crippen LogP contribution in [0.4, 0.5) is 0 Å². The molecule has 99 valence electrons. The van der Waals surface area contributed by atoms with Crippen molar-refractivity contribution < 1.29 is 0 Å². The Kier molecular flexibility index (Phi) is 9.21. The van der Waals surface area contributed by atoms with Crippen LogP contribution in [0.1, 0.15) is 66.7 Å². The molecule has 0 rings (SSSR count). The Morgan fingerprint density at radius 1 is 1.06 bits per heavy atom. The zero-order valence-corrected chi connectivity index (χ0v) is 12.6. The second-order valence-corrected chi connectivity index (χ2v) is 5.47. The summed E-state index contributed by atoms with van der Waals surface area (Å²) < 4.78 is 0. The normalized spacial score (nSPS) is 17.1. The minimum absolute atomic E-state index is 0.737. The maximum Gasteiger partial charge on any atom is -0.0288 e. The topological polar surface area (TPSA) is 0 Å². The van der Waals surface area contributed by atoms with Gasteiger partial charge < -0.3 is 0 Å². The van der Waals surface area contributed by atoms with Gasteiger partial charge in [-0.1, -0.05) is 57.4 Å². The summed E-state index contributed by atoms with van der Waals surface area (Å²) in [6, 6.07) is 0. The molecule has 1 radical (unpaired) electrons. The van der Waals surface area contributed by atoms with Crippen molar-refractivity contribution in [2.45, 2.75) is 66.7 Å². The second kappa shape index (κ2) is 9.50. The minimum atomic E-state index is 0.737. The minimum Gasteiger partial charge on any atom is -0.0853 e. The summed E-state index contributed by atoms with van der Waals surface area (Å²) in [6.07, 6.45) is 10.6. The fraction of sp³-hybridized carbons (Fsp3) is 0.706. The molecule has 0 fully saturated rings. The van der Waals surface area contributed by atoms with E-state index in [0.29, 0.717) is 0 Å². The van der Waals surface area contributed by atoms with Crippen LogP contribution < -0.4 is 0 Å². The van der Waals surface area contributed by atoms with Crippen LogP contribution in [0.3, 0.4) is 0 Å². The molecule has 0 saturated carbocycles. The largest absolute Gasteiger partial charge is 0.0853 e. The smallest absolute Gasteiger partial charge is 0.0288 e. The zero-order chi connectivity index (χ0) is 13.3. The molecule has 0 nitrogen and oxygen atoms in total. The number of hydrogen-bond donors (Lipinski definition) is 0. The fourth-order valence-corrected chi connectivity index (χ4v) is 1.70. The first-order valence-corrected chi connectivity index (χ1v) is 7.11. The third-order valence-corrected chi connectivity index (χ3v) is 3.85. The summed E-state index contributed by atoms with van der Waals surface area (Å²) in [4.78, 5) is 0. The molecular weight excluding hydrogens is 204 g/mol. The molecule has 0 N–H and O–H groups in total. The molecule has 0 bridgehead atoms. The predicted octanol–water partition coefficient (Wildman–Crippen LogP) is 5.96. The van der Waals surface area contributed by atoms with Gasteiger partial charge in [0.2, 0.25) is 0 Å². The first-order valence-electron chi connectivity index (χ1n) is 7.11. The van der Waals surface area contributed by atoms with Crippen molar-refractivity contribution in [2.24, 2.45) is 11.8 Å². The number of rotatable bonds is 8. The van der Waals surface area contributed by atoms with Gasteiger partial charge in [-0.15, -0.1) is 0 Å². The summed E-state index contributed by atoms with van der Waals surface area (Å²) in [6.45, 7) is 15.3. The standard InChI is InChI=1S/C17H31/c1-7-14(3)10-9-11-15(4)12-13-17(6)16(5)8-2/h10,12,16-17H,2,7-9,11,13H2,1,3-6H3/b14-10-,15-12+. The first-order chi connectivity index (χ1) is 8.01. The van der Waals surface area contributed by atoms with E-state index in [4.69, 9.17) is 0 Å². The molecule has 0 aromatic carbocycles. The van der Waals surface area contributed by atoms with Gasteiger partial charge in [0.25, 0.3) is 0 Å². The summed E-state index contributed by atoms with van der Waals surface area (Å²) in [5, 5.41) is 0. The van der Waals surface area contributed by atoms with E-state index >= 15 is 0 Å². The van der Waals surface area contributed by atoms with Gasteiger partial charge in [-0.2, -0.15) is 0 Å². The average molecular weight is 235 g/mol. The van der Waals surface area contributed by atoms with Crippen molar-refractivity contribution in [3.63, 3.8) is 0 Å². The fourth-order valence-electron chi connectivity index (χ4n) is 1.70. The highest BCUT2D eigenvalue weighted by Crippen LogP contribution is 2.20. The maximum absolute atomic E-state index is 3.98. The van der Waals surface area contributed by atoms with Crippen molar-refractivity contribution >= 4 is 0 Å². The average Bonchev–Trinajstić information content (AvgIpc) is 2.34. The summed E-state index contributed by atoms with van der Waals surface area (Å²) >= 11 is 0. The van der Waals surface area contributed by atoms with Crippen molar-refractivity contribution in [3.05, 3.63) is 30.2 Å². The number of allylic oxidation sites excluding steroid dienone is 4. The molecular formula is C17H31. The Balaban J connectivity index is 3.94. The van der Waals surface area contributed by atoms with Gasteiger partial charge in [-0.25, -0.2) is 0 Å². The SMILES string of the molecule is [CH2]CC(C)C(C)C/C=C(\C)CC/C=C(/C)CC. The van der Waals surface area contributed by atoms with E-state index in [0.717, 1.165) is 18.3 Å². The quantitative estimate of drug-likeness (QED) is 0.456. The highest BCUT2D eigenvalue weighted by Gasteiger charge is 2.08. The third-order valence-electron chi connectivity index (χ3n) is 3.85. The molecule has 17 heavy (non-hydrogen) atoms. The molecule has 2 atom stereocenters. The number of hydrogen-bond acceptors (Lipinski definition) is 0. The monoisotopic (exact) mass is 235 g/mol. The Bertz CT molecular complexity index is 245. The first kappa shape index (κ1) is 16.5. The summed E-state index contributed by atoms with van der Waals surface area (Å²) in [5.41, 5.74) is 3.05. The molecule has 0 aliphatic rings. The summed E-state index contributed by atoms with van der Waals surface area (Å²) in [7, 11) is 0. The van der Waals surface area contributed by atoms with Crippen LogP contribution in [0.25, 0.3) is 0 Å². The van der Waals surface area contributed by atoms with Gasteiger partial charge in [0.05, 0.1) is 0 Å². The lowest BCUT2D eigenvalue weighted by molar-refractivity contribution is 0.393. The van der Waals surface area contributed by atoms with Crippen molar-refractivity contribution in [1.82, 2.24) is 0 Å². The van der Waals surface area contributed by atoms with Gasteiger partial charge in [0.15, 0.2) is 0 Å². The van der Waals surface area contributed by atoms with E-state index in [1.54, 1.807) is 0 Å². The Hall–Kier alpha value is -0.520. The van der Waals surface area contributed by atoms with Crippen LogP contribution in [0.15, 0.2) is 23.3 Å². The van der Waals surface area contributed by atoms with Crippen LogP contribution in [0, 0.1) is 18.8 Å². The van der Waals surface area contributed by atoms with E-state index in [2.05, 4.69) is 53.7 Å². The zero-order valence-electron chi connectivity index (χ0n) is 12.6. The molecule has 0 saturated heterocycles. The van der Waals surface area contributed by atoms with Crippen LogP contribution in [0.2, 0.25) is 0 Å². The van der Waals surface area contributed by atoms with Crippen LogP contribution >= 0.6 is 0 Å². The highest BCUT2D eigenvalue weighted by molar-refractivity contribution is 5.03. The molecule has 0 aliphatic heterocycles. The van der Waals surface area contributed by atoms with Crippen molar-refractivity contribution in [2.75, 3.05) is 0 Å². The van der Waals surface area contributed by atoms with Gasteiger partial charge >= 0.3 is 0 Å². The highest BCUT2D eigenvalue weighted by atomic mass is 14.1. The molecule has 0 heteroatoms. The molecule has 2 unspecified atom stereocenters. The van der Waals surface area contributed by atoms with Gasteiger partial charge in [0.1, 0.15) is 0 Å². The maximum atomic E-state index is 3.98. The Morgan fingerprint density at radius 2 is 1.71 bits per heavy atom. The van der Waals surface area contributed by atoms with Crippen molar-refractivity contribution in [3.8, 4) is 0 Å². The van der Waals surface area contributed by atoms with Gasteiger partial charge in [0, 0.05) is 0 Å². The van der Waals surface area contributed by atoms with Gasteiger partial charge in [-0.05, 0) is 51.4 Å². The van der Waals surface area contributed by atoms with E-state index in [-0.39, 0.29) is 0 Å². The van der Waals surface area contributed by atoms with E-state index in [1.165, 1.54) is 36.8 Å². The van der Waals surface area contributed by atoms with Crippen LogP contribution in [-0.4, -0.2) is 0 Å². The Morgan fingerprint density at radius 3 is 2.24 bits per heavy atom. The van der Waals surface area contributed by atoms with E-state index < -0.39 is 0 Å². The lowest BCUT2D eigenvalue weighted by atomic mass is 9.90. The molecule has 0 spiro atoms. The molecule has 0 aromatic rings. The van der Waals surface area contributed by atoms with Crippen LogP contribution in [0.5, 0.6) is 0 Å². The van der Waals surface area contributed by atoms with E-state index in [9.17, 15) is 0 Å². The molecule has 0 heterocycles. The molecule has 0 aromatic heterocycles. The van der Waals surface area contributed by atoms with Crippen molar-refractivity contribution in [1.29, 1.82) is 0 Å². The summed E-state index contributed by atoms with van der Waals surface area (Å²) in [5.74, 6) is 1.50. The predicted molar refractivity (Wildman–Crippen MR) is 80.0 cm³/mol.